The number of nitrogens with zero attached hydrogens (tertiary/aromatic N) is 3. The van der Waals surface area contributed by atoms with Crippen LogP contribution < -0.4 is 10.6 Å². The van der Waals surface area contributed by atoms with Gasteiger partial charge >= 0.3 is 0 Å². The molecule has 1 saturated heterocycles. The van der Waals surface area contributed by atoms with Gasteiger partial charge < -0.3 is 29.9 Å². The lowest BCUT2D eigenvalue weighted by atomic mass is 9.90. The van der Waals surface area contributed by atoms with E-state index in [9.17, 15) is 19.2 Å². The molecule has 2 rings (SSSR count). The summed E-state index contributed by atoms with van der Waals surface area (Å²) < 4.78 is 11.7. The van der Waals surface area contributed by atoms with E-state index in [1.165, 1.54) is 17.8 Å². The topological polar surface area (TPSA) is 130 Å². The Morgan fingerprint density at radius 3 is 2.20 bits per heavy atom. The minimum Gasteiger partial charge on any atom is -0.379 e. The summed E-state index contributed by atoms with van der Waals surface area (Å²) in [5, 5.41) is 8.34. The first kappa shape index (κ1) is 46.2. The summed E-state index contributed by atoms with van der Waals surface area (Å²) in [5.74, 6) is -1.15. The molecule has 282 valence electrons. The molecule has 6 unspecified atom stereocenters. The van der Waals surface area contributed by atoms with E-state index in [1.807, 2.05) is 37.1 Å². The van der Waals surface area contributed by atoms with E-state index in [0.717, 1.165) is 30.7 Å². The predicted molar refractivity (Wildman–Crippen MR) is 199 cm³/mol. The number of methoxy groups -OCH3 is 2. The van der Waals surface area contributed by atoms with E-state index in [1.54, 1.807) is 53.1 Å². The van der Waals surface area contributed by atoms with Crippen molar-refractivity contribution in [1.82, 2.24) is 25.4 Å². The second kappa shape index (κ2) is 24.3. The first-order valence-corrected chi connectivity index (χ1v) is 18.6. The molecule has 11 nitrogen and oxygen atoms in total. The summed E-state index contributed by atoms with van der Waals surface area (Å²) in [7, 11) is 4.83. The maximum atomic E-state index is 13.8. The molecule has 49 heavy (non-hydrogen) atoms. The summed E-state index contributed by atoms with van der Waals surface area (Å²) in [6, 6.07) is -0.632. The van der Waals surface area contributed by atoms with Crippen molar-refractivity contribution in [2.45, 2.75) is 132 Å². The molecule has 12 heteroatoms. The van der Waals surface area contributed by atoms with Gasteiger partial charge in [0.25, 0.3) is 0 Å². The molecule has 0 aromatic carbocycles. The summed E-state index contributed by atoms with van der Waals surface area (Å²) in [5.41, 5.74) is -0.609. The number of nitrogens with one attached hydrogen (secondary N) is 2. The monoisotopic (exact) mass is 709 g/mol. The molecule has 1 aromatic heterocycles. The van der Waals surface area contributed by atoms with Crippen LogP contribution in [0.3, 0.4) is 0 Å². The molecule has 0 spiro atoms. The number of likely N-dealkylation sites (N-methyl/N-ethyl adjacent to an activating group) is 1. The maximum Gasteiger partial charge on any atom is 0.242 e. The van der Waals surface area contributed by atoms with Gasteiger partial charge in [-0.15, -0.1) is 17.9 Å². The fraction of sp³-hybridized carbons (Fsp3) is 0.757. The van der Waals surface area contributed by atoms with Crippen LogP contribution in [0, 0.1) is 17.3 Å². The number of carbonyl (C=O) groups is 4. The van der Waals surface area contributed by atoms with Gasteiger partial charge in [-0.2, -0.15) is 0 Å². The van der Waals surface area contributed by atoms with Gasteiger partial charge in [-0.3, -0.25) is 19.2 Å². The number of amides is 4. The molecule has 0 saturated carbocycles. The number of carbonyl (C=O) groups excluding carboxylic acids is 4. The third-order valence-corrected chi connectivity index (χ3v) is 9.35. The Hall–Kier alpha value is -2.83. The zero-order valence-electron chi connectivity index (χ0n) is 32.5. The molecule has 1 fully saturated rings. The lowest BCUT2D eigenvalue weighted by Gasteiger charge is -2.39. The molecule has 1 aromatic rings. The van der Waals surface area contributed by atoms with Crippen LogP contribution in [0.5, 0.6) is 0 Å². The number of rotatable bonds is 16. The third kappa shape index (κ3) is 15.7. The molecule has 4 amide bonds. The van der Waals surface area contributed by atoms with Gasteiger partial charge in [0, 0.05) is 44.8 Å². The second-order valence-electron chi connectivity index (χ2n) is 13.6. The van der Waals surface area contributed by atoms with Gasteiger partial charge in [0.2, 0.25) is 23.6 Å². The smallest absolute Gasteiger partial charge is 0.242 e. The van der Waals surface area contributed by atoms with Crippen LogP contribution in [0.2, 0.25) is 0 Å². The summed E-state index contributed by atoms with van der Waals surface area (Å²) in [6.45, 7) is 21.8. The Morgan fingerprint density at radius 1 is 1.12 bits per heavy atom. The summed E-state index contributed by atoms with van der Waals surface area (Å²) in [4.78, 5) is 59.9. The van der Waals surface area contributed by atoms with E-state index in [0.29, 0.717) is 13.1 Å². The predicted octanol–water partition coefficient (Wildman–Crippen LogP) is 5.84. The number of allylic oxidation sites excluding steroid dienone is 1. The molecule has 1 aliphatic rings. The first-order chi connectivity index (χ1) is 23.1. The van der Waals surface area contributed by atoms with E-state index in [2.05, 4.69) is 43.0 Å². The van der Waals surface area contributed by atoms with Gasteiger partial charge in [0.05, 0.1) is 49.7 Å². The normalized spacial score (nSPS) is 17.1. The zero-order chi connectivity index (χ0) is 37.7. The maximum absolute atomic E-state index is 13.8. The van der Waals surface area contributed by atoms with Crippen LogP contribution in [0.1, 0.15) is 106 Å². The number of hydrogen-bond acceptors (Lipinski definition) is 8. The largest absolute Gasteiger partial charge is 0.379 e. The van der Waals surface area contributed by atoms with Crippen LogP contribution in [-0.2, 0) is 35.2 Å². The van der Waals surface area contributed by atoms with Gasteiger partial charge in [0.15, 0.2) is 0 Å². The van der Waals surface area contributed by atoms with Crippen LogP contribution in [0.15, 0.2) is 24.2 Å². The Bertz CT molecular complexity index is 1110. The Morgan fingerprint density at radius 2 is 1.73 bits per heavy atom. The van der Waals surface area contributed by atoms with Crippen molar-refractivity contribution in [3.05, 3.63) is 29.2 Å². The highest BCUT2D eigenvalue weighted by molar-refractivity contribution is 7.09. The van der Waals surface area contributed by atoms with Crippen LogP contribution >= 0.6 is 11.3 Å². The highest BCUT2D eigenvalue weighted by Crippen LogP contribution is 2.29. The van der Waals surface area contributed by atoms with Crippen LogP contribution in [-0.4, -0.2) is 97.1 Å². The molecule has 0 bridgehead atoms. The molecule has 2 heterocycles. The van der Waals surface area contributed by atoms with Gasteiger partial charge in [-0.1, -0.05) is 81.2 Å². The number of aromatic nitrogens is 1. The van der Waals surface area contributed by atoms with E-state index < -0.39 is 23.5 Å². The minimum atomic E-state index is -0.609. The molecular weight excluding hydrogens is 643 g/mol. The second-order valence-corrected chi connectivity index (χ2v) is 14.6. The van der Waals surface area contributed by atoms with Gasteiger partial charge in [-0.25, -0.2) is 4.98 Å². The summed E-state index contributed by atoms with van der Waals surface area (Å²) in [6.07, 6.45) is 7.27. The average molecular weight is 710 g/mol. The van der Waals surface area contributed by atoms with E-state index >= 15 is 0 Å². The summed E-state index contributed by atoms with van der Waals surface area (Å²) >= 11 is 1.48. The van der Waals surface area contributed by atoms with Crippen molar-refractivity contribution in [1.29, 1.82) is 0 Å². The molecule has 0 radical (unpaired) electrons. The highest BCUT2D eigenvalue weighted by atomic mass is 32.1. The quantitative estimate of drug-likeness (QED) is 0.206. The zero-order valence-corrected chi connectivity index (χ0v) is 33.3. The first-order valence-electron chi connectivity index (χ1n) is 17.8. The Balaban J connectivity index is 0.00000300. The van der Waals surface area contributed by atoms with Crippen molar-refractivity contribution >= 4 is 35.0 Å². The van der Waals surface area contributed by atoms with E-state index in [-0.39, 0.29) is 54.6 Å². The number of hydrogen-bond donors (Lipinski definition) is 2. The minimum absolute atomic E-state index is 0.0395. The highest BCUT2D eigenvalue weighted by Gasteiger charge is 2.42. The number of likely N-dealkylation sites (tertiary alicyclic amines) is 1. The standard InChI is InChI=1S/C30H51N5O6S.C4H8.C3H8/c1-10-19(2)26(34(7)25(37)18-33-29(39)30(4,5)6)22(40-8)16-24(36)35-14-11-12-21(35)27(41-9)20(3)28(38)32-17-23-31-13-15-42-23;1-3-4-2;1-3-2/h13,15,19-22,26-27H,10-12,14,16-18H2,1-9H3,(H,32,38)(H,33,39);3H,1,4H2,2H3;3H2,1-2H3. The van der Waals surface area contributed by atoms with Crippen LogP contribution in [0.4, 0.5) is 0 Å². The van der Waals surface area contributed by atoms with Crippen molar-refractivity contribution in [2.75, 3.05) is 34.4 Å². The fourth-order valence-electron chi connectivity index (χ4n) is 5.54. The van der Waals surface area contributed by atoms with Crippen molar-refractivity contribution in [3.63, 3.8) is 0 Å². The average Bonchev–Trinajstić information content (AvgIpc) is 3.78. The van der Waals surface area contributed by atoms with Crippen molar-refractivity contribution in [3.8, 4) is 0 Å². The molecule has 6 atom stereocenters. The number of thiazole rings is 1. The fourth-order valence-corrected chi connectivity index (χ4v) is 6.09. The van der Waals surface area contributed by atoms with Gasteiger partial charge in [-0.05, 0) is 25.2 Å². The van der Waals surface area contributed by atoms with Crippen molar-refractivity contribution in [2.24, 2.45) is 17.3 Å². The molecule has 0 aliphatic carbocycles. The lowest BCUT2D eigenvalue weighted by Crippen LogP contribution is -2.54. The van der Waals surface area contributed by atoms with Crippen LogP contribution in [0.25, 0.3) is 0 Å². The SMILES string of the molecule is C=CCC.CCC.CCC(C)C(C(CC(=O)N1CCCC1C(OC)C(C)C(=O)NCc1nccs1)OC)N(C)C(=O)CNC(=O)C(C)(C)C. The van der Waals surface area contributed by atoms with Gasteiger partial charge in [0.1, 0.15) is 5.01 Å². The molecule has 2 N–H and O–H groups in total. The van der Waals surface area contributed by atoms with Crippen molar-refractivity contribution < 1.29 is 28.7 Å². The molecule has 1 aliphatic heterocycles. The third-order valence-electron chi connectivity index (χ3n) is 8.57. The molecular formula is C37H67N5O6S. The number of ether oxygens (including phenoxy) is 2. The Kier molecular flexibility index (Phi) is 22.9. The van der Waals surface area contributed by atoms with E-state index in [4.69, 9.17) is 9.47 Å². The Labute approximate surface area is 301 Å². The lowest BCUT2D eigenvalue weighted by molar-refractivity contribution is -0.146.